The fraction of sp³-hybridized carbons (Fsp3) is 0.600. The maximum absolute atomic E-state index is 4.54. The first kappa shape index (κ1) is 13.6. The van der Waals surface area contributed by atoms with E-state index in [4.69, 9.17) is 0 Å². The van der Waals surface area contributed by atoms with Crippen LogP contribution in [0.2, 0.25) is 0 Å². The normalized spacial score (nSPS) is 16.8. The lowest BCUT2D eigenvalue weighted by Gasteiger charge is -2.22. The Bertz CT molecular complexity index is 279. The smallest absolute Gasteiger partial charge is 0.000577 e. The van der Waals surface area contributed by atoms with Crippen LogP contribution in [0.4, 0.5) is 0 Å². The highest BCUT2D eigenvalue weighted by atomic mass is 32.1. The molecule has 0 fully saturated rings. The summed E-state index contributed by atoms with van der Waals surface area (Å²) in [6, 6.07) is 10.9. The van der Waals surface area contributed by atoms with Crippen LogP contribution in [-0.2, 0) is 0 Å². The van der Waals surface area contributed by atoms with Gasteiger partial charge in [-0.2, -0.15) is 12.6 Å². The minimum absolute atomic E-state index is 0.481. The van der Waals surface area contributed by atoms with Crippen molar-refractivity contribution in [3.63, 3.8) is 0 Å². The molecule has 0 radical (unpaired) electrons. The highest BCUT2D eigenvalue weighted by molar-refractivity contribution is 7.80. The second-order valence-corrected chi connectivity index (χ2v) is 5.82. The Morgan fingerprint density at radius 1 is 1.06 bits per heavy atom. The van der Waals surface area contributed by atoms with E-state index in [0.717, 1.165) is 5.92 Å². The Kier molecular flexibility index (Phi) is 5.97. The van der Waals surface area contributed by atoms with Gasteiger partial charge in [0.15, 0.2) is 0 Å². The molecule has 0 bridgehead atoms. The van der Waals surface area contributed by atoms with Gasteiger partial charge in [0.05, 0.1) is 0 Å². The van der Waals surface area contributed by atoms with Crippen molar-refractivity contribution < 1.29 is 0 Å². The van der Waals surface area contributed by atoms with E-state index in [0.29, 0.717) is 11.2 Å². The lowest BCUT2D eigenvalue weighted by molar-refractivity contribution is 0.438. The van der Waals surface area contributed by atoms with Crippen molar-refractivity contribution >= 4 is 12.6 Å². The first-order valence-corrected chi connectivity index (χ1v) is 6.88. The van der Waals surface area contributed by atoms with Crippen molar-refractivity contribution in [1.82, 2.24) is 0 Å². The third kappa shape index (κ3) is 4.61. The SMILES string of the molecule is CCC(C)CC(CC(C)S)c1ccccc1. The second kappa shape index (κ2) is 7.01. The van der Waals surface area contributed by atoms with Crippen LogP contribution in [0, 0.1) is 5.92 Å². The van der Waals surface area contributed by atoms with Gasteiger partial charge in [0.2, 0.25) is 0 Å². The number of hydrogen-bond acceptors (Lipinski definition) is 1. The molecule has 0 aliphatic heterocycles. The van der Waals surface area contributed by atoms with Crippen LogP contribution in [0.5, 0.6) is 0 Å². The van der Waals surface area contributed by atoms with Crippen LogP contribution in [0.25, 0.3) is 0 Å². The molecule has 0 aliphatic rings. The zero-order chi connectivity index (χ0) is 12.0. The van der Waals surface area contributed by atoms with Gasteiger partial charge in [-0.25, -0.2) is 0 Å². The number of rotatable bonds is 6. The van der Waals surface area contributed by atoms with E-state index >= 15 is 0 Å². The van der Waals surface area contributed by atoms with E-state index in [1.807, 2.05) is 0 Å². The predicted molar refractivity (Wildman–Crippen MR) is 76.3 cm³/mol. The van der Waals surface area contributed by atoms with Gasteiger partial charge in [0.25, 0.3) is 0 Å². The number of hydrogen-bond donors (Lipinski definition) is 1. The zero-order valence-electron chi connectivity index (χ0n) is 10.7. The maximum atomic E-state index is 4.54. The molecule has 0 saturated heterocycles. The molecule has 1 aromatic carbocycles. The third-order valence-electron chi connectivity index (χ3n) is 3.28. The molecule has 0 nitrogen and oxygen atoms in total. The van der Waals surface area contributed by atoms with E-state index in [1.165, 1.54) is 24.8 Å². The topological polar surface area (TPSA) is 0 Å². The monoisotopic (exact) mass is 236 g/mol. The van der Waals surface area contributed by atoms with Crippen LogP contribution in [0.1, 0.15) is 51.5 Å². The summed E-state index contributed by atoms with van der Waals surface area (Å²) < 4.78 is 0. The van der Waals surface area contributed by atoms with Crippen LogP contribution >= 0.6 is 12.6 Å². The summed E-state index contributed by atoms with van der Waals surface area (Å²) in [5.74, 6) is 1.47. The lowest BCUT2D eigenvalue weighted by Crippen LogP contribution is -2.09. The first-order chi connectivity index (χ1) is 7.63. The molecule has 1 aromatic rings. The molecule has 0 spiro atoms. The van der Waals surface area contributed by atoms with Crippen LogP contribution < -0.4 is 0 Å². The minimum atomic E-state index is 0.481. The fourth-order valence-electron chi connectivity index (χ4n) is 2.16. The van der Waals surface area contributed by atoms with Crippen molar-refractivity contribution in [3.05, 3.63) is 35.9 Å². The Morgan fingerprint density at radius 2 is 1.69 bits per heavy atom. The summed E-state index contributed by atoms with van der Waals surface area (Å²) in [5.41, 5.74) is 1.48. The molecule has 0 saturated carbocycles. The summed E-state index contributed by atoms with van der Waals surface area (Å²) in [6.07, 6.45) is 3.73. The van der Waals surface area contributed by atoms with Crippen molar-refractivity contribution in [2.75, 3.05) is 0 Å². The Balaban J connectivity index is 2.71. The van der Waals surface area contributed by atoms with Crippen molar-refractivity contribution in [1.29, 1.82) is 0 Å². The predicted octanol–water partition coefficient (Wildman–Crippen LogP) is 4.91. The lowest BCUT2D eigenvalue weighted by atomic mass is 9.85. The highest BCUT2D eigenvalue weighted by Gasteiger charge is 2.16. The Hall–Kier alpha value is -0.430. The quantitative estimate of drug-likeness (QED) is 0.666. The van der Waals surface area contributed by atoms with Gasteiger partial charge >= 0.3 is 0 Å². The van der Waals surface area contributed by atoms with Crippen molar-refractivity contribution in [2.24, 2.45) is 5.92 Å². The molecule has 0 heterocycles. The van der Waals surface area contributed by atoms with E-state index in [2.05, 4.69) is 63.7 Å². The molecular weight excluding hydrogens is 212 g/mol. The van der Waals surface area contributed by atoms with Crippen LogP contribution in [0.15, 0.2) is 30.3 Å². The van der Waals surface area contributed by atoms with E-state index in [1.54, 1.807) is 0 Å². The molecule has 0 aliphatic carbocycles. The Labute approximate surface area is 106 Å². The van der Waals surface area contributed by atoms with E-state index < -0.39 is 0 Å². The maximum Gasteiger partial charge on any atom is -0.000577 e. The van der Waals surface area contributed by atoms with Gasteiger partial charge in [-0.3, -0.25) is 0 Å². The van der Waals surface area contributed by atoms with Gasteiger partial charge in [0.1, 0.15) is 0 Å². The average molecular weight is 236 g/mol. The molecule has 0 amide bonds. The van der Waals surface area contributed by atoms with E-state index in [-0.39, 0.29) is 0 Å². The molecule has 0 N–H and O–H groups in total. The summed E-state index contributed by atoms with van der Waals surface area (Å²) in [5, 5.41) is 0.481. The number of benzene rings is 1. The summed E-state index contributed by atoms with van der Waals surface area (Å²) in [6.45, 7) is 6.81. The van der Waals surface area contributed by atoms with Gasteiger partial charge < -0.3 is 0 Å². The minimum Gasteiger partial charge on any atom is -0.176 e. The van der Waals surface area contributed by atoms with Gasteiger partial charge in [-0.15, -0.1) is 0 Å². The standard InChI is InChI=1S/C15H24S/c1-4-12(2)10-15(11-13(3)16)14-8-6-5-7-9-14/h5-9,12-13,15-16H,4,10-11H2,1-3H3. The van der Waals surface area contributed by atoms with Gasteiger partial charge in [-0.05, 0) is 35.5 Å². The van der Waals surface area contributed by atoms with Gasteiger partial charge in [0, 0.05) is 0 Å². The fourth-order valence-corrected chi connectivity index (χ4v) is 2.41. The summed E-state index contributed by atoms with van der Waals surface area (Å²) in [4.78, 5) is 0. The highest BCUT2D eigenvalue weighted by Crippen LogP contribution is 2.30. The molecule has 1 rings (SSSR count). The van der Waals surface area contributed by atoms with Crippen LogP contribution in [-0.4, -0.2) is 5.25 Å². The van der Waals surface area contributed by atoms with Gasteiger partial charge in [-0.1, -0.05) is 57.5 Å². The molecule has 3 unspecified atom stereocenters. The molecular formula is C15H24S. The van der Waals surface area contributed by atoms with Crippen molar-refractivity contribution in [3.8, 4) is 0 Å². The summed E-state index contributed by atoms with van der Waals surface area (Å²) in [7, 11) is 0. The molecule has 90 valence electrons. The molecule has 3 atom stereocenters. The van der Waals surface area contributed by atoms with Crippen molar-refractivity contribution in [2.45, 2.75) is 51.2 Å². The zero-order valence-corrected chi connectivity index (χ0v) is 11.6. The number of thiol groups is 1. The molecule has 0 aromatic heterocycles. The van der Waals surface area contributed by atoms with E-state index in [9.17, 15) is 0 Å². The molecule has 1 heteroatoms. The largest absolute Gasteiger partial charge is 0.176 e. The average Bonchev–Trinajstić information content (AvgIpc) is 2.28. The summed E-state index contributed by atoms with van der Waals surface area (Å²) >= 11 is 4.54. The second-order valence-electron chi connectivity index (χ2n) is 4.94. The Morgan fingerprint density at radius 3 is 2.19 bits per heavy atom. The first-order valence-electron chi connectivity index (χ1n) is 6.36. The molecule has 16 heavy (non-hydrogen) atoms. The third-order valence-corrected chi connectivity index (χ3v) is 3.49. The van der Waals surface area contributed by atoms with Crippen LogP contribution in [0.3, 0.4) is 0 Å².